The Morgan fingerprint density at radius 3 is 2.47 bits per heavy atom. The highest BCUT2D eigenvalue weighted by molar-refractivity contribution is 5.78. The predicted octanol–water partition coefficient (Wildman–Crippen LogP) is 3.40. The number of carbonyl (C=O) groups excluding carboxylic acids is 1. The van der Waals surface area contributed by atoms with E-state index in [0.717, 1.165) is 18.4 Å². The maximum atomic E-state index is 12.7. The quantitative estimate of drug-likeness (QED) is 0.628. The first kappa shape index (κ1) is 20.1. The second-order valence-corrected chi connectivity index (χ2v) is 7.95. The van der Waals surface area contributed by atoms with Gasteiger partial charge in [0.25, 0.3) is 0 Å². The van der Waals surface area contributed by atoms with Gasteiger partial charge in [-0.3, -0.25) is 4.79 Å². The Kier molecular flexibility index (Phi) is 6.07. The van der Waals surface area contributed by atoms with Gasteiger partial charge in [0.05, 0.1) is 6.42 Å². The summed E-state index contributed by atoms with van der Waals surface area (Å²) in [6.07, 6.45) is 5.59. The van der Waals surface area contributed by atoms with Gasteiger partial charge in [0, 0.05) is 44.4 Å². The number of carbonyl (C=O) groups is 1. The van der Waals surface area contributed by atoms with Gasteiger partial charge in [-0.15, -0.1) is 10.2 Å². The summed E-state index contributed by atoms with van der Waals surface area (Å²) < 4.78 is 7.62. The zero-order valence-electron chi connectivity index (χ0n) is 17.4. The highest BCUT2D eigenvalue weighted by Crippen LogP contribution is 2.19. The first-order chi connectivity index (χ1) is 14.6. The lowest BCUT2D eigenvalue weighted by Crippen LogP contribution is -2.42. The van der Waals surface area contributed by atoms with Crippen molar-refractivity contribution < 1.29 is 9.53 Å². The van der Waals surface area contributed by atoms with Crippen molar-refractivity contribution in [3.63, 3.8) is 0 Å². The van der Waals surface area contributed by atoms with Gasteiger partial charge in [0.15, 0.2) is 5.82 Å². The summed E-state index contributed by atoms with van der Waals surface area (Å²) in [5.41, 5.74) is 2.36. The molecule has 1 fully saturated rings. The number of aromatic nitrogens is 4. The van der Waals surface area contributed by atoms with Crippen LogP contribution in [0.4, 0.5) is 0 Å². The summed E-state index contributed by atoms with van der Waals surface area (Å²) in [5.74, 6) is 1.82. The van der Waals surface area contributed by atoms with Crippen LogP contribution in [0.3, 0.4) is 0 Å². The molecule has 30 heavy (non-hydrogen) atoms. The number of hydrogen-bond acceptors (Lipinski definition) is 5. The van der Waals surface area contributed by atoms with Gasteiger partial charge in [-0.25, -0.2) is 4.68 Å². The number of piperidine rings is 1. The van der Waals surface area contributed by atoms with Gasteiger partial charge >= 0.3 is 0 Å². The third-order valence-electron chi connectivity index (χ3n) is 5.45. The molecule has 1 aliphatic rings. The molecule has 0 N–H and O–H groups in total. The van der Waals surface area contributed by atoms with Crippen LogP contribution in [-0.2, 0) is 11.2 Å². The second-order valence-electron chi connectivity index (χ2n) is 7.95. The summed E-state index contributed by atoms with van der Waals surface area (Å²) >= 11 is 0. The first-order valence-electron chi connectivity index (χ1n) is 10.5. The maximum absolute atomic E-state index is 12.7. The molecule has 0 unspecified atom stereocenters. The van der Waals surface area contributed by atoms with Gasteiger partial charge < -0.3 is 9.64 Å². The maximum Gasteiger partial charge on any atom is 0.233 e. The van der Waals surface area contributed by atoms with Crippen LogP contribution in [0, 0.1) is 0 Å². The van der Waals surface area contributed by atoms with Crippen molar-refractivity contribution in [2.45, 2.75) is 45.1 Å². The van der Waals surface area contributed by atoms with Crippen LogP contribution in [0.5, 0.6) is 5.88 Å². The topological polar surface area (TPSA) is 73.1 Å². The van der Waals surface area contributed by atoms with E-state index >= 15 is 0 Å². The molecular formula is C23H27N5O2. The van der Waals surface area contributed by atoms with Gasteiger partial charge in [0.2, 0.25) is 11.8 Å². The van der Waals surface area contributed by atoms with Crippen LogP contribution in [0.25, 0.3) is 5.82 Å². The summed E-state index contributed by atoms with van der Waals surface area (Å²) in [6, 6.07) is 13.8. The molecule has 1 saturated heterocycles. The van der Waals surface area contributed by atoms with E-state index in [2.05, 4.69) is 53.4 Å². The predicted molar refractivity (Wildman–Crippen MR) is 114 cm³/mol. The largest absolute Gasteiger partial charge is 0.473 e. The Hall–Kier alpha value is -3.22. The van der Waals surface area contributed by atoms with Gasteiger partial charge in [-0.2, -0.15) is 5.10 Å². The zero-order chi connectivity index (χ0) is 20.9. The van der Waals surface area contributed by atoms with Crippen molar-refractivity contribution in [1.29, 1.82) is 0 Å². The fourth-order valence-corrected chi connectivity index (χ4v) is 3.60. The lowest BCUT2D eigenvalue weighted by atomic mass is 10.0. The number of hydrogen-bond donors (Lipinski definition) is 0. The van der Waals surface area contributed by atoms with E-state index in [1.165, 1.54) is 5.56 Å². The third-order valence-corrected chi connectivity index (χ3v) is 5.45. The number of rotatable bonds is 6. The van der Waals surface area contributed by atoms with Crippen LogP contribution >= 0.6 is 0 Å². The molecule has 7 nitrogen and oxygen atoms in total. The molecule has 7 heteroatoms. The van der Waals surface area contributed by atoms with Crippen molar-refractivity contribution in [2.75, 3.05) is 13.1 Å². The molecule has 0 atom stereocenters. The van der Waals surface area contributed by atoms with Crippen LogP contribution in [0.15, 0.2) is 54.9 Å². The van der Waals surface area contributed by atoms with E-state index in [1.807, 2.05) is 29.3 Å². The average molecular weight is 406 g/mol. The van der Waals surface area contributed by atoms with Gasteiger partial charge in [-0.05, 0) is 29.2 Å². The third kappa shape index (κ3) is 4.84. The molecule has 4 rings (SSSR count). The monoisotopic (exact) mass is 405 g/mol. The van der Waals surface area contributed by atoms with Crippen molar-refractivity contribution in [1.82, 2.24) is 24.9 Å². The Bertz CT molecular complexity index is 944. The van der Waals surface area contributed by atoms with E-state index in [-0.39, 0.29) is 12.0 Å². The molecule has 1 aromatic carbocycles. The van der Waals surface area contributed by atoms with E-state index in [0.29, 0.717) is 37.1 Å². The SMILES string of the molecule is CC(C)c1ccc(CC(=O)N2CCC(Oc3ccc(-n4cccn4)nn3)CC2)cc1. The summed E-state index contributed by atoms with van der Waals surface area (Å²) in [4.78, 5) is 14.6. The Morgan fingerprint density at radius 1 is 1.10 bits per heavy atom. The van der Waals surface area contributed by atoms with Gasteiger partial charge in [-0.1, -0.05) is 38.1 Å². The van der Waals surface area contributed by atoms with E-state index in [1.54, 1.807) is 10.9 Å². The lowest BCUT2D eigenvalue weighted by molar-refractivity contribution is -0.132. The van der Waals surface area contributed by atoms with E-state index in [4.69, 9.17) is 4.74 Å². The Balaban J connectivity index is 1.25. The van der Waals surface area contributed by atoms with Crippen molar-refractivity contribution >= 4 is 5.91 Å². The second kappa shape index (κ2) is 9.07. The van der Waals surface area contributed by atoms with Crippen LogP contribution in [0.1, 0.15) is 43.7 Å². The van der Waals surface area contributed by atoms with Crippen LogP contribution < -0.4 is 4.74 Å². The molecule has 156 valence electrons. The van der Waals surface area contributed by atoms with E-state index in [9.17, 15) is 4.79 Å². The molecule has 3 heterocycles. The minimum Gasteiger partial charge on any atom is -0.473 e. The summed E-state index contributed by atoms with van der Waals surface area (Å²) in [5, 5.41) is 12.4. The van der Waals surface area contributed by atoms with Crippen LogP contribution in [0.2, 0.25) is 0 Å². The lowest BCUT2D eigenvalue weighted by Gasteiger charge is -2.32. The summed E-state index contributed by atoms with van der Waals surface area (Å²) in [7, 11) is 0. The van der Waals surface area contributed by atoms with Crippen molar-refractivity contribution in [3.05, 3.63) is 66.0 Å². The molecule has 0 aliphatic carbocycles. The minimum atomic E-state index is 0.0456. The van der Waals surface area contributed by atoms with Crippen molar-refractivity contribution in [2.24, 2.45) is 0 Å². The molecule has 3 aromatic rings. The Morgan fingerprint density at radius 2 is 1.87 bits per heavy atom. The fraction of sp³-hybridized carbons (Fsp3) is 0.391. The molecule has 0 spiro atoms. The highest BCUT2D eigenvalue weighted by Gasteiger charge is 2.24. The normalized spacial score (nSPS) is 14.8. The standard InChI is InChI=1S/C23H27N5O2/c1-17(2)19-6-4-18(5-7-19)16-23(29)27-14-10-20(11-15-27)30-22-9-8-21(25-26-22)28-13-3-12-24-28/h3-9,12-13,17,20H,10-11,14-16H2,1-2H3. The molecule has 1 amide bonds. The highest BCUT2D eigenvalue weighted by atomic mass is 16.5. The number of benzene rings is 1. The number of amides is 1. The van der Waals surface area contributed by atoms with Crippen LogP contribution in [-0.4, -0.2) is 50.0 Å². The summed E-state index contributed by atoms with van der Waals surface area (Å²) in [6.45, 7) is 5.75. The molecule has 1 aliphatic heterocycles. The Labute approximate surface area is 176 Å². The first-order valence-corrected chi connectivity index (χ1v) is 10.5. The number of nitrogens with zero attached hydrogens (tertiary/aromatic N) is 5. The molecule has 2 aromatic heterocycles. The zero-order valence-corrected chi connectivity index (χ0v) is 17.4. The smallest absolute Gasteiger partial charge is 0.233 e. The average Bonchev–Trinajstić information content (AvgIpc) is 3.30. The molecular weight excluding hydrogens is 378 g/mol. The molecule has 0 radical (unpaired) electrons. The number of likely N-dealkylation sites (tertiary alicyclic amines) is 1. The molecule has 0 saturated carbocycles. The van der Waals surface area contributed by atoms with Crippen molar-refractivity contribution in [3.8, 4) is 11.7 Å². The van der Waals surface area contributed by atoms with Gasteiger partial charge in [0.1, 0.15) is 6.10 Å². The van der Waals surface area contributed by atoms with E-state index < -0.39 is 0 Å². The molecule has 0 bridgehead atoms. The minimum absolute atomic E-state index is 0.0456. The fourth-order valence-electron chi connectivity index (χ4n) is 3.60. The number of ether oxygens (including phenoxy) is 1.